The van der Waals surface area contributed by atoms with E-state index in [0.717, 1.165) is 38.4 Å². The van der Waals surface area contributed by atoms with Crippen molar-refractivity contribution in [1.82, 2.24) is 10.3 Å². The fourth-order valence-corrected chi connectivity index (χ4v) is 4.47. The molecule has 7 heteroatoms. The standard InChI is InChI=1S/C20H27N3O4/c1-12(24)22-17-6-15-9-23(19-8-14(20(25)26)4-5-21-19)10-16(15)7-18(17)27-11-13-2-3-13/h4-5,8,13,15-18H,2-3,6-7,9-11H2,1H3,(H,22,24)(H,25,26)/t15-,16+,17-,18-/m1/s1. The summed E-state index contributed by atoms with van der Waals surface area (Å²) >= 11 is 0. The summed E-state index contributed by atoms with van der Waals surface area (Å²) in [5.41, 5.74) is 0.261. The van der Waals surface area contributed by atoms with Crippen molar-refractivity contribution in [1.29, 1.82) is 0 Å². The third-order valence-electron chi connectivity index (χ3n) is 6.07. The van der Waals surface area contributed by atoms with Gasteiger partial charge in [0.1, 0.15) is 5.82 Å². The smallest absolute Gasteiger partial charge is 0.335 e. The number of anilines is 1. The van der Waals surface area contributed by atoms with Gasteiger partial charge in [-0.3, -0.25) is 4.79 Å². The largest absolute Gasteiger partial charge is 0.478 e. The van der Waals surface area contributed by atoms with Crippen LogP contribution in [0.25, 0.3) is 0 Å². The average Bonchev–Trinajstić information content (AvgIpc) is 3.37. The molecule has 0 bridgehead atoms. The van der Waals surface area contributed by atoms with Crippen LogP contribution in [0.15, 0.2) is 18.3 Å². The Balaban J connectivity index is 1.45. The van der Waals surface area contributed by atoms with Crippen LogP contribution in [0, 0.1) is 17.8 Å². The van der Waals surface area contributed by atoms with Gasteiger partial charge in [-0.15, -0.1) is 0 Å². The van der Waals surface area contributed by atoms with Gasteiger partial charge in [0.15, 0.2) is 0 Å². The van der Waals surface area contributed by atoms with Gasteiger partial charge in [-0.1, -0.05) is 0 Å². The summed E-state index contributed by atoms with van der Waals surface area (Å²) in [6.45, 7) is 4.05. The van der Waals surface area contributed by atoms with Crippen molar-refractivity contribution in [3.63, 3.8) is 0 Å². The second-order valence-corrected chi connectivity index (χ2v) is 8.23. The van der Waals surface area contributed by atoms with Gasteiger partial charge in [0.2, 0.25) is 5.91 Å². The van der Waals surface area contributed by atoms with E-state index in [9.17, 15) is 14.7 Å². The number of pyridine rings is 1. The number of ether oxygens (including phenoxy) is 1. The van der Waals surface area contributed by atoms with Gasteiger partial charge in [0.25, 0.3) is 0 Å². The number of hydrogen-bond acceptors (Lipinski definition) is 5. The number of hydrogen-bond donors (Lipinski definition) is 2. The van der Waals surface area contributed by atoms with Crippen LogP contribution in [0.5, 0.6) is 0 Å². The lowest BCUT2D eigenvalue weighted by Gasteiger charge is -2.38. The third-order valence-corrected chi connectivity index (χ3v) is 6.07. The third kappa shape index (κ3) is 4.24. The van der Waals surface area contributed by atoms with E-state index in [-0.39, 0.29) is 23.6 Å². The fourth-order valence-electron chi connectivity index (χ4n) is 4.47. The van der Waals surface area contributed by atoms with Crippen LogP contribution >= 0.6 is 0 Å². The Labute approximate surface area is 159 Å². The van der Waals surface area contributed by atoms with E-state index in [1.165, 1.54) is 18.9 Å². The van der Waals surface area contributed by atoms with Crippen molar-refractivity contribution in [2.45, 2.75) is 44.8 Å². The Morgan fingerprint density at radius 1 is 1.30 bits per heavy atom. The molecule has 2 saturated carbocycles. The molecule has 2 heterocycles. The van der Waals surface area contributed by atoms with Gasteiger partial charge in [-0.2, -0.15) is 0 Å². The Kier molecular flexibility index (Phi) is 5.04. The monoisotopic (exact) mass is 373 g/mol. The van der Waals surface area contributed by atoms with Crippen LogP contribution in [0.2, 0.25) is 0 Å². The predicted molar refractivity (Wildman–Crippen MR) is 99.7 cm³/mol. The summed E-state index contributed by atoms with van der Waals surface area (Å²) < 4.78 is 6.19. The fraction of sp³-hybridized carbons (Fsp3) is 0.650. The Bertz CT molecular complexity index is 721. The number of nitrogens with one attached hydrogen (secondary N) is 1. The molecule has 2 N–H and O–H groups in total. The van der Waals surface area contributed by atoms with Crippen molar-refractivity contribution in [3.05, 3.63) is 23.9 Å². The minimum atomic E-state index is -0.936. The molecule has 1 aromatic heterocycles. The number of nitrogens with zero attached hydrogens (tertiary/aromatic N) is 2. The van der Waals surface area contributed by atoms with Crippen LogP contribution in [0.1, 0.15) is 43.0 Å². The summed E-state index contributed by atoms with van der Waals surface area (Å²) in [6, 6.07) is 3.22. The molecule has 1 aliphatic heterocycles. The van der Waals surface area contributed by atoms with E-state index < -0.39 is 5.97 Å². The Hall–Kier alpha value is -2.15. The van der Waals surface area contributed by atoms with Crippen LogP contribution in [0.3, 0.4) is 0 Å². The molecule has 4 rings (SSSR count). The Morgan fingerprint density at radius 3 is 2.70 bits per heavy atom. The zero-order chi connectivity index (χ0) is 19.0. The SMILES string of the molecule is CC(=O)N[C@@H]1C[C@@H]2CN(c3cc(C(=O)O)ccn3)C[C@@H]2C[C@H]1OCC1CC1. The molecular formula is C20H27N3O4. The molecule has 27 heavy (non-hydrogen) atoms. The van der Waals surface area contributed by atoms with Gasteiger partial charge < -0.3 is 20.1 Å². The molecule has 0 aromatic carbocycles. The van der Waals surface area contributed by atoms with Crippen molar-refractivity contribution in [3.8, 4) is 0 Å². The molecule has 1 amide bonds. The summed E-state index contributed by atoms with van der Waals surface area (Å²) in [6.07, 6.45) is 5.95. The van der Waals surface area contributed by atoms with Gasteiger partial charge in [-0.05, 0) is 55.6 Å². The van der Waals surface area contributed by atoms with Crippen molar-refractivity contribution >= 4 is 17.7 Å². The topological polar surface area (TPSA) is 91.8 Å². The van der Waals surface area contributed by atoms with Crippen LogP contribution in [0.4, 0.5) is 5.82 Å². The zero-order valence-corrected chi connectivity index (χ0v) is 15.6. The average molecular weight is 373 g/mol. The van der Waals surface area contributed by atoms with Crippen molar-refractivity contribution in [2.24, 2.45) is 17.8 Å². The van der Waals surface area contributed by atoms with E-state index >= 15 is 0 Å². The zero-order valence-electron chi connectivity index (χ0n) is 15.6. The maximum Gasteiger partial charge on any atom is 0.335 e. The van der Waals surface area contributed by atoms with E-state index in [2.05, 4.69) is 15.2 Å². The summed E-state index contributed by atoms with van der Waals surface area (Å²) in [5.74, 6) is 1.41. The predicted octanol–water partition coefficient (Wildman–Crippen LogP) is 1.93. The first kappa shape index (κ1) is 18.2. The van der Waals surface area contributed by atoms with E-state index in [4.69, 9.17) is 4.74 Å². The van der Waals surface area contributed by atoms with Crippen LogP contribution in [-0.2, 0) is 9.53 Å². The lowest BCUT2D eigenvalue weighted by Crippen LogP contribution is -2.50. The maximum absolute atomic E-state index is 11.6. The lowest BCUT2D eigenvalue weighted by atomic mass is 9.77. The summed E-state index contributed by atoms with van der Waals surface area (Å²) in [5, 5.41) is 12.3. The lowest BCUT2D eigenvalue weighted by molar-refractivity contribution is -0.122. The molecule has 7 nitrogen and oxygen atoms in total. The van der Waals surface area contributed by atoms with E-state index in [1.54, 1.807) is 19.2 Å². The van der Waals surface area contributed by atoms with Crippen molar-refractivity contribution < 1.29 is 19.4 Å². The molecule has 0 radical (unpaired) electrons. The number of fused-ring (bicyclic) bond motifs is 1. The second-order valence-electron chi connectivity index (χ2n) is 8.23. The van der Waals surface area contributed by atoms with Crippen LogP contribution < -0.4 is 10.2 Å². The minimum absolute atomic E-state index is 0.0100. The number of rotatable bonds is 6. The highest BCUT2D eigenvalue weighted by molar-refractivity contribution is 5.88. The van der Waals surface area contributed by atoms with Gasteiger partial charge >= 0.3 is 5.97 Å². The number of amides is 1. The molecule has 3 fully saturated rings. The number of carbonyl (C=O) groups is 2. The molecule has 146 valence electrons. The normalized spacial score (nSPS) is 30.0. The molecule has 4 atom stereocenters. The number of aromatic nitrogens is 1. The second kappa shape index (κ2) is 7.46. The van der Waals surface area contributed by atoms with Crippen molar-refractivity contribution in [2.75, 3.05) is 24.6 Å². The molecular weight excluding hydrogens is 346 g/mol. The van der Waals surface area contributed by atoms with E-state index in [1.807, 2.05) is 0 Å². The number of carboxylic acid groups (broad SMARTS) is 1. The molecule has 0 unspecified atom stereocenters. The van der Waals surface area contributed by atoms with Crippen LogP contribution in [-0.4, -0.2) is 53.8 Å². The Morgan fingerprint density at radius 2 is 2.04 bits per heavy atom. The maximum atomic E-state index is 11.6. The summed E-state index contributed by atoms with van der Waals surface area (Å²) in [4.78, 5) is 29.4. The first-order chi connectivity index (χ1) is 13.0. The molecule has 2 aliphatic carbocycles. The number of carboxylic acids is 1. The quantitative estimate of drug-likeness (QED) is 0.792. The van der Waals surface area contributed by atoms with E-state index in [0.29, 0.717) is 17.8 Å². The molecule has 3 aliphatic rings. The van der Waals surface area contributed by atoms with Gasteiger partial charge in [0, 0.05) is 32.8 Å². The number of aromatic carboxylic acids is 1. The first-order valence-corrected chi connectivity index (χ1v) is 9.82. The minimum Gasteiger partial charge on any atom is -0.478 e. The van der Waals surface area contributed by atoms with Gasteiger partial charge in [-0.25, -0.2) is 9.78 Å². The van der Waals surface area contributed by atoms with Gasteiger partial charge in [0.05, 0.1) is 17.7 Å². The summed E-state index contributed by atoms with van der Waals surface area (Å²) in [7, 11) is 0. The highest BCUT2D eigenvalue weighted by atomic mass is 16.5. The molecule has 1 aromatic rings. The highest BCUT2D eigenvalue weighted by Crippen LogP contribution is 2.40. The molecule has 0 spiro atoms. The number of carbonyl (C=O) groups excluding carboxylic acids is 1. The molecule has 1 saturated heterocycles. The highest BCUT2D eigenvalue weighted by Gasteiger charge is 2.43. The first-order valence-electron chi connectivity index (χ1n) is 9.82.